The molecule has 0 spiro atoms. The molecule has 144 valence electrons. The number of halogens is 3. The Kier molecular flexibility index (Phi) is 5.49. The number of carbonyl (C=O) groups is 1. The number of aromatic nitrogens is 1. The van der Waals surface area contributed by atoms with E-state index in [1.54, 1.807) is 31.4 Å². The van der Waals surface area contributed by atoms with Gasteiger partial charge in [0.05, 0.1) is 12.7 Å². The minimum atomic E-state index is -4.39. The number of carbonyl (C=O) groups excluding carboxylic acids is 1. The summed E-state index contributed by atoms with van der Waals surface area (Å²) in [6.45, 7) is 0. The third-order valence-corrected chi connectivity index (χ3v) is 3.84. The summed E-state index contributed by atoms with van der Waals surface area (Å²) in [6, 6.07) is 13.1. The number of hydrogen-bond donors (Lipinski definition) is 1. The van der Waals surface area contributed by atoms with Crippen molar-refractivity contribution in [3.63, 3.8) is 0 Å². The molecule has 8 heteroatoms. The van der Waals surface area contributed by atoms with E-state index in [0.717, 1.165) is 17.7 Å². The lowest BCUT2D eigenvalue weighted by Crippen LogP contribution is -2.04. The SMILES string of the molecule is COc1ccc(-c2cc(C(=O)/C=C\Nc3ccc(C(F)(F)F)cc3)on2)cc1. The molecule has 0 unspecified atom stereocenters. The Hall–Kier alpha value is -3.55. The van der Waals surface area contributed by atoms with E-state index in [1.807, 2.05) is 0 Å². The lowest BCUT2D eigenvalue weighted by Gasteiger charge is -2.07. The topological polar surface area (TPSA) is 64.4 Å². The van der Waals surface area contributed by atoms with E-state index >= 15 is 0 Å². The highest BCUT2D eigenvalue weighted by Gasteiger charge is 2.29. The normalized spacial score (nSPS) is 11.6. The number of benzene rings is 2. The number of ketones is 1. The molecular formula is C20H15F3N2O3. The van der Waals surface area contributed by atoms with Gasteiger partial charge in [-0.15, -0.1) is 0 Å². The summed E-state index contributed by atoms with van der Waals surface area (Å²) in [5, 5.41) is 6.59. The van der Waals surface area contributed by atoms with Gasteiger partial charge in [0.2, 0.25) is 11.5 Å². The summed E-state index contributed by atoms with van der Waals surface area (Å²) in [5.74, 6) is 0.295. The largest absolute Gasteiger partial charge is 0.497 e. The second kappa shape index (κ2) is 7.99. The zero-order valence-electron chi connectivity index (χ0n) is 14.7. The lowest BCUT2D eigenvalue weighted by atomic mass is 10.1. The molecule has 1 N–H and O–H groups in total. The predicted octanol–water partition coefficient (Wildman–Crippen LogP) is 5.18. The smallest absolute Gasteiger partial charge is 0.416 e. The van der Waals surface area contributed by atoms with Crippen molar-refractivity contribution in [3.8, 4) is 17.0 Å². The van der Waals surface area contributed by atoms with Crippen LogP contribution in [-0.4, -0.2) is 18.0 Å². The number of nitrogens with zero attached hydrogens (tertiary/aromatic N) is 1. The van der Waals surface area contributed by atoms with E-state index in [4.69, 9.17) is 9.26 Å². The number of methoxy groups -OCH3 is 1. The molecule has 1 aromatic heterocycles. The first-order valence-corrected chi connectivity index (χ1v) is 8.12. The first-order chi connectivity index (χ1) is 13.4. The maximum absolute atomic E-state index is 12.5. The van der Waals surface area contributed by atoms with Crippen molar-refractivity contribution < 1.29 is 27.2 Å². The molecule has 0 fully saturated rings. The Morgan fingerprint density at radius 2 is 1.79 bits per heavy atom. The fourth-order valence-corrected chi connectivity index (χ4v) is 2.34. The number of hydrogen-bond acceptors (Lipinski definition) is 5. The van der Waals surface area contributed by atoms with Crippen LogP contribution in [0.2, 0.25) is 0 Å². The Morgan fingerprint density at radius 1 is 1.11 bits per heavy atom. The predicted molar refractivity (Wildman–Crippen MR) is 97.0 cm³/mol. The molecule has 0 saturated heterocycles. The van der Waals surface area contributed by atoms with Crippen LogP contribution in [0.3, 0.4) is 0 Å². The van der Waals surface area contributed by atoms with Crippen LogP contribution in [0.15, 0.2) is 71.4 Å². The molecule has 3 aromatic rings. The second-order valence-electron chi connectivity index (χ2n) is 5.72. The van der Waals surface area contributed by atoms with Crippen LogP contribution >= 0.6 is 0 Å². The Balaban J connectivity index is 1.62. The highest BCUT2D eigenvalue weighted by Crippen LogP contribution is 2.29. The molecular weight excluding hydrogens is 373 g/mol. The van der Waals surface area contributed by atoms with E-state index in [0.29, 0.717) is 17.1 Å². The van der Waals surface area contributed by atoms with E-state index in [9.17, 15) is 18.0 Å². The van der Waals surface area contributed by atoms with Crippen LogP contribution in [0.5, 0.6) is 5.75 Å². The van der Waals surface area contributed by atoms with Crippen molar-refractivity contribution in [1.82, 2.24) is 5.16 Å². The first-order valence-electron chi connectivity index (χ1n) is 8.12. The van der Waals surface area contributed by atoms with E-state index in [-0.39, 0.29) is 5.76 Å². The fourth-order valence-electron chi connectivity index (χ4n) is 2.34. The van der Waals surface area contributed by atoms with E-state index in [1.165, 1.54) is 30.5 Å². The molecule has 5 nitrogen and oxygen atoms in total. The van der Waals surface area contributed by atoms with Gasteiger partial charge in [0, 0.05) is 29.6 Å². The van der Waals surface area contributed by atoms with Gasteiger partial charge in [-0.3, -0.25) is 4.79 Å². The molecule has 1 heterocycles. The summed E-state index contributed by atoms with van der Waals surface area (Å²) in [7, 11) is 1.56. The number of ether oxygens (including phenoxy) is 1. The Morgan fingerprint density at radius 3 is 2.39 bits per heavy atom. The van der Waals surface area contributed by atoms with Crippen LogP contribution in [0.1, 0.15) is 16.1 Å². The first kappa shape index (κ1) is 19.2. The molecule has 0 aliphatic rings. The van der Waals surface area contributed by atoms with Crippen molar-refractivity contribution in [1.29, 1.82) is 0 Å². The molecule has 0 amide bonds. The quantitative estimate of drug-likeness (QED) is 0.466. The van der Waals surface area contributed by atoms with Gasteiger partial charge in [-0.1, -0.05) is 5.16 Å². The van der Waals surface area contributed by atoms with Gasteiger partial charge < -0.3 is 14.6 Å². The highest BCUT2D eigenvalue weighted by molar-refractivity contribution is 6.03. The molecule has 0 saturated carbocycles. The average Bonchev–Trinajstić information content (AvgIpc) is 3.18. The van der Waals surface area contributed by atoms with Gasteiger partial charge in [-0.2, -0.15) is 13.2 Å². The summed E-state index contributed by atoms with van der Waals surface area (Å²) in [5.41, 5.74) is 0.921. The van der Waals surface area contributed by atoms with Crippen molar-refractivity contribution in [2.75, 3.05) is 12.4 Å². The molecule has 0 bridgehead atoms. The maximum atomic E-state index is 12.5. The van der Waals surface area contributed by atoms with Crippen LogP contribution in [0.25, 0.3) is 11.3 Å². The van der Waals surface area contributed by atoms with Crippen LogP contribution in [-0.2, 0) is 6.18 Å². The van der Waals surface area contributed by atoms with Gasteiger partial charge in [-0.25, -0.2) is 0 Å². The number of nitrogens with one attached hydrogen (secondary N) is 1. The molecule has 0 aliphatic heterocycles. The van der Waals surface area contributed by atoms with Gasteiger partial charge in [0.25, 0.3) is 0 Å². The molecule has 3 rings (SSSR count). The minimum Gasteiger partial charge on any atom is -0.497 e. The fraction of sp³-hybridized carbons (Fsp3) is 0.100. The van der Waals surface area contributed by atoms with Crippen LogP contribution in [0.4, 0.5) is 18.9 Å². The summed E-state index contributed by atoms with van der Waals surface area (Å²) < 4.78 is 47.7. The van der Waals surface area contributed by atoms with Crippen LogP contribution < -0.4 is 10.1 Å². The maximum Gasteiger partial charge on any atom is 0.416 e. The number of anilines is 1. The summed E-state index contributed by atoms with van der Waals surface area (Å²) >= 11 is 0. The molecule has 0 aliphatic carbocycles. The van der Waals surface area contributed by atoms with Crippen molar-refractivity contribution >= 4 is 11.5 Å². The minimum absolute atomic E-state index is 0.0382. The molecule has 2 aromatic carbocycles. The van der Waals surface area contributed by atoms with E-state index in [2.05, 4.69) is 10.5 Å². The lowest BCUT2D eigenvalue weighted by molar-refractivity contribution is -0.137. The third-order valence-electron chi connectivity index (χ3n) is 3.84. The monoisotopic (exact) mass is 388 g/mol. The zero-order valence-corrected chi connectivity index (χ0v) is 14.7. The van der Waals surface area contributed by atoms with Crippen molar-refractivity contribution in [3.05, 3.63) is 78.2 Å². The molecule has 0 atom stereocenters. The zero-order chi connectivity index (χ0) is 20.1. The Labute approximate surface area is 158 Å². The van der Waals surface area contributed by atoms with Gasteiger partial charge >= 0.3 is 6.18 Å². The van der Waals surface area contributed by atoms with Crippen molar-refractivity contribution in [2.45, 2.75) is 6.18 Å². The third kappa shape index (κ3) is 4.59. The standard InChI is InChI=1S/C20H15F3N2O3/c1-27-16-8-2-13(3-9-16)17-12-19(28-25-17)18(26)10-11-24-15-6-4-14(5-7-15)20(21,22)23/h2-12,24H,1H3/b11-10-. The number of allylic oxidation sites excluding steroid dienone is 1. The van der Waals surface area contributed by atoms with E-state index < -0.39 is 17.5 Å². The van der Waals surface area contributed by atoms with Gasteiger partial charge in [-0.05, 0) is 48.5 Å². The number of rotatable bonds is 6. The summed E-state index contributed by atoms with van der Waals surface area (Å²) in [4.78, 5) is 12.1. The average molecular weight is 388 g/mol. The van der Waals surface area contributed by atoms with Crippen molar-refractivity contribution in [2.24, 2.45) is 0 Å². The Bertz CT molecular complexity index is 975. The number of alkyl halides is 3. The van der Waals surface area contributed by atoms with Gasteiger partial charge in [0.15, 0.2) is 0 Å². The van der Waals surface area contributed by atoms with Crippen LogP contribution in [0, 0.1) is 0 Å². The van der Waals surface area contributed by atoms with Gasteiger partial charge in [0.1, 0.15) is 11.4 Å². The summed E-state index contributed by atoms with van der Waals surface area (Å²) in [6.07, 6.45) is -1.87. The molecule has 0 radical (unpaired) electrons. The molecule has 28 heavy (non-hydrogen) atoms. The second-order valence-corrected chi connectivity index (χ2v) is 5.72. The highest BCUT2D eigenvalue weighted by atomic mass is 19.4.